The first kappa shape index (κ1) is 16.3. The van der Waals surface area contributed by atoms with Crippen LogP contribution in [0.2, 0.25) is 10.0 Å². The first-order chi connectivity index (χ1) is 10.4. The van der Waals surface area contributed by atoms with E-state index in [-0.39, 0.29) is 0 Å². The number of aliphatic carboxylic acids is 2. The lowest BCUT2D eigenvalue weighted by Gasteiger charge is -2.21. The predicted molar refractivity (Wildman–Crippen MR) is 83.7 cm³/mol. The second kappa shape index (κ2) is 6.81. The van der Waals surface area contributed by atoms with Crippen molar-refractivity contribution in [2.45, 2.75) is 11.8 Å². The van der Waals surface area contributed by atoms with E-state index in [1.165, 1.54) is 48.5 Å². The third kappa shape index (κ3) is 3.59. The van der Waals surface area contributed by atoms with E-state index in [1.54, 1.807) is 0 Å². The normalized spacial score (nSPS) is 13.4. The van der Waals surface area contributed by atoms with E-state index in [1.807, 2.05) is 0 Å². The smallest absolute Gasteiger partial charge is 0.312 e. The molecule has 0 amide bonds. The van der Waals surface area contributed by atoms with Crippen molar-refractivity contribution in [2.24, 2.45) is 0 Å². The third-order valence-electron chi connectivity index (χ3n) is 3.32. The van der Waals surface area contributed by atoms with Crippen LogP contribution in [0.25, 0.3) is 0 Å². The fourth-order valence-corrected chi connectivity index (χ4v) is 2.55. The third-order valence-corrected chi connectivity index (χ3v) is 3.83. The molecule has 6 heteroatoms. The number of halogens is 2. The maximum Gasteiger partial charge on any atom is 0.312 e. The molecule has 0 radical (unpaired) electrons. The van der Waals surface area contributed by atoms with Gasteiger partial charge in [0.25, 0.3) is 0 Å². The quantitative estimate of drug-likeness (QED) is 0.862. The topological polar surface area (TPSA) is 74.6 Å². The second-order valence-electron chi connectivity index (χ2n) is 4.73. The Labute approximate surface area is 136 Å². The molecule has 2 atom stereocenters. The summed E-state index contributed by atoms with van der Waals surface area (Å²) < 4.78 is 0. The minimum Gasteiger partial charge on any atom is -0.481 e. The van der Waals surface area contributed by atoms with E-state index in [9.17, 15) is 19.8 Å². The first-order valence-corrected chi connectivity index (χ1v) is 7.12. The van der Waals surface area contributed by atoms with E-state index in [0.717, 1.165) is 0 Å². The zero-order chi connectivity index (χ0) is 16.3. The van der Waals surface area contributed by atoms with Gasteiger partial charge >= 0.3 is 11.9 Å². The number of carboxylic acid groups (broad SMARTS) is 2. The van der Waals surface area contributed by atoms with Crippen LogP contribution in [-0.2, 0) is 9.59 Å². The molecule has 2 rings (SSSR count). The van der Waals surface area contributed by atoms with Gasteiger partial charge < -0.3 is 10.2 Å². The summed E-state index contributed by atoms with van der Waals surface area (Å²) >= 11 is 11.6. The number of carboxylic acids is 2. The zero-order valence-corrected chi connectivity index (χ0v) is 12.8. The fraction of sp³-hybridized carbons (Fsp3) is 0.125. The summed E-state index contributed by atoms with van der Waals surface area (Å²) in [5.74, 6) is -4.89. The van der Waals surface area contributed by atoms with Gasteiger partial charge in [-0.05, 0) is 35.4 Å². The second-order valence-corrected chi connectivity index (χ2v) is 5.61. The number of carbonyl (C=O) groups is 2. The number of hydrogen-bond acceptors (Lipinski definition) is 2. The summed E-state index contributed by atoms with van der Waals surface area (Å²) in [5.41, 5.74) is 0.749. The molecule has 2 aromatic carbocycles. The van der Waals surface area contributed by atoms with Gasteiger partial charge in [-0.1, -0.05) is 47.5 Å². The lowest BCUT2D eigenvalue weighted by molar-refractivity contribution is -0.147. The van der Waals surface area contributed by atoms with Gasteiger partial charge in [0.05, 0.1) is 11.8 Å². The van der Waals surface area contributed by atoms with Crippen molar-refractivity contribution in [1.29, 1.82) is 0 Å². The monoisotopic (exact) mass is 338 g/mol. The molecule has 0 unspecified atom stereocenters. The maximum absolute atomic E-state index is 11.6. The van der Waals surface area contributed by atoms with Gasteiger partial charge in [-0.2, -0.15) is 0 Å². The molecular formula is C16H12Cl2O4. The van der Waals surface area contributed by atoms with Crippen molar-refractivity contribution in [3.8, 4) is 0 Å². The standard InChI is InChI=1S/C16H12Cl2O4/c17-11-5-1-9(2-6-11)13(15(19)20)14(16(21)22)10-3-7-12(18)8-4-10/h1-8,13-14H,(H,19,20)(H,21,22)/t13-,14+. The highest BCUT2D eigenvalue weighted by atomic mass is 35.5. The van der Waals surface area contributed by atoms with E-state index >= 15 is 0 Å². The van der Waals surface area contributed by atoms with Crippen molar-refractivity contribution in [3.63, 3.8) is 0 Å². The number of benzene rings is 2. The molecular weight excluding hydrogens is 327 g/mol. The number of rotatable bonds is 5. The van der Waals surface area contributed by atoms with E-state index < -0.39 is 23.8 Å². The van der Waals surface area contributed by atoms with Crippen LogP contribution in [0.1, 0.15) is 23.0 Å². The van der Waals surface area contributed by atoms with Crippen LogP contribution in [0.5, 0.6) is 0 Å². The van der Waals surface area contributed by atoms with E-state index in [4.69, 9.17) is 23.2 Å². The lowest BCUT2D eigenvalue weighted by atomic mass is 9.81. The van der Waals surface area contributed by atoms with Gasteiger partial charge in [-0.3, -0.25) is 9.59 Å². The van der Waals surface area contributed by atoms with Crippen LogP contribution in [0.15, 0.2) is 48.5 Å². The summed E-state index contributed by atoms with van der Waals surface area (Å²) in [4.78, 5) is 23.3. The summed E-state index contributed by atoms with van der Waals surface area (Å²) in [6.45, 7) is 0. The van der Waals surface area contributed by atoms with E-state index in [2.05, 4.69) is 0 Å². The Morgan fingerprint density at radius 2 is 0.955 bits per heavy atom. The van der Waals surface area contributed by atoms with Crippen molar-refractivity contribution >= 4 is 35.1 Å². The van der Waals surface area contributed by atoms with Crippen molar-refractivity contribution < 1.29 is 19.8 Å². The Morgan fingerprint density at radius 1 is 0.682 bits per heavy atom. The highest BCUT2D eigenvalue weighted by Gasteiger charge is 2.36. The lowest BCUT2D eigenvalue weighted by Crippen LogP contribution is -2.26. The molecule has 0 spiro atoms. The summed E-state index contributed by atoms with van der Waals surface area (Å²) in [6.07, 6.45) is 0. The number of hydrogen-bond donors (Lipinski definition) is 2. The largest absolute Gasteiger partial charge is 0.481 e. The average molecular weight is 339 g/mol. The van der Waals surface area contributed by atoms with Crippen molar-refractivity contribution in [3.05, 3.63) is 69.7 Å². The molecule has 0 aliphatic carbocycles. The summed E-state index contributed by atoms with van der Waals surface area (Å²) in [5, 5.41) is 19.9. The molecule has 0 saturated carbocycles. The zero-order valence-electron chi connectivity index (χ0n) is 11.2. The minimum atomic E-state index is -1.23. The molecule has 0 aliphatic heterocycles. The van der Waals surface area contributed by atoms with Crippen LogP contribution in [0.4, 0.5) is 0 Å². The van der Waals surface area contributed by atoms with Crippen molar-refractivity contribution in [1.82, 2.24) is 0 Å². The molecule has 0 fully saturated rings. The highest BCUT2D eigenvalue weighted by Crippen LogP contribution is 2.34. The Bertz CT molecular complexity index is 619. The molecule has 4 nitrogen and oxygen atoms in total. The van der Waals surface area contributed by atoms with Gasteiger partial charge in [-0.15, -0.1) is 0 Å². The van der Waals surface area contributed by atoms with Crippen LogP contribution >= 0.6 is 23.2 Å². The van der Waals surface area contributed by atoms with Crippen LogP contribution in [0.3, 0.4) is 0 Å². The van der Waals surface area contributed by atoms with Crippen LogP contribution < -0.4 is 0 Å². The molecule has 0 bridgehead atoms. The Hall–Kier alpha value is -2.04. The van der Waals surface area contributed by atoms with Gasteiger partial charge in [-0.25, -0.2) is 0 Å². The fourth-order valence-electron chi connectivity index (χ4n) is 2.30. The van der Waals surface area contributed by atoms with Crippen LogP contribution in [-0.4, -0.2) is 22.2 Å². The molecule has 0 aromatic heterocycles. The summed E-state index contributed by atoms with van der Waals surface area (Å²) in [6, 6.07) is 12.2. The van der Waals surface area contributed by atoms with Gasteiger partial charge in [0.15, 0.2) is 0 Å². The van der Waals surface area contributed by atoms with E-state index in [0.29, 0.717) is 21.2 Å². The Balaban J connectivity index is 2.51. The molecule has 22 heavy (non-hydrogen) atoms. The summed E-state index contributed by atoms with van der Waals surface area (Å²) in [7, 11) is 0. The molecule has 114 valence electrons. The van der Waals surface area contributed by atoms with Gasteiger partial charge in [0.2, 0.25) is 0 Å². The Morgan fingerprint density at radius 3 is 1.18 bits per heavy atom. The molecule has 0 saturated heterocycles. The van der Waals surface area contributed by atoms with Crippen molar-refractivity contribution in [2.75, 3.05) is 0 Å². The molecule has 2 aromatic rings. The molecule has 2 N–H and O–H groups in total. The van der Waals surface area contributed by atoms with Gasteiger partial charge in [0, 0.05) is 10.0 Å². The predicted octanol–water partition coefficient (Wildman–Crippen LogP) is 4.03. The molecule has 0 aliphatic rings. The van der Waals surface area contributed by atoms with Gasteiger partial charge in [0.1, 0.15) is 0 Å². The average Bonchev–Trinajstić information content (AvgIpc) is 2.46. The van der Waals surface area contributed by atoms with Crippen LogP contribution in [0, 0.1) is 0 Å². The maximum atomic E-state index is 11.6. The highest BCUT2D eigenvalue weighted by molar-refractivity contribution is 6.30. The minimum absolute atomic E-state index is 0.374. The Kier molecular flexibility index (Phi) is 5.06. The SMILES string of the molecule is O=C(O)[C@H](c1ccc(Cl)cc1)[C@@H](C(=O)O)c1ccc(Cl)cc1. The first-order valence-electron chi connectivity index (χ1n) is 6.36. The molecule has 0 heterocycles.